The molecule has 0 unspecified atom stereocenters. The van der Waals surface area contributed by atoms with Crippen molar-refractivity contribution < 1.29 is 0 Å². The topological polar surface area (TPSA) is 23.8 Å². The van der Waals surface area contributed by atoms with Crippen LogP contribution in [0, 0.1) is 11.3 Å². The van der Waals surface area contributed by atoms with E-state index in [0.29, 0.717) is 0 Å². The second-order valence-corrected chi connectivity index (χ2v) is 5.06. The van der Waals surface area contributed by atoms with Crippen molar-refractivity contribution in [1.82, 2.24) is 0 Å². The van der Waals surface area contributed by atoms with Crippen molar-refractivity contribution in [3.63, 3.8) is 0 Å². The highest BCUT2D eigenvalue weighted by molar-refractivity contribution is 7.57. The minimum Gasteiger partial charge on any atom is -0.194 e. The van der Waals surface area contributed by atoms with Crippen molar-refractivity contribution in [2.75, 3.05) is 18.5 Å². The first-order valence-electron chi connectivity index (χ1n) is 3.05. The molecule has 0 aromatic carbocycles. The van der Waals surface area contributed by atoms with Gasteiger partial charge in [0.15, 0.2) is 0 Å². The van der Waals surface area contributed by atoms with Crippen LogP contribution in [-0.4, -0.2) is 18.5 Å². The number of rotatable bonds is 3. The summed E-state index contributed by atoms with van der Waals surface area (Å²) in [7, 11) is -0.235. The molecule has 0 N–H and O–H groups in total. The molecule has 8 heavy (non-hydrogen) atoms. The third-order valence-electron chi connectivity index (χ3n) is 1.33. The number of nitrogens with zero attached hydrogens (tertiary/aromatic N) is 1. The van der Waals surface area contributed by atoms with Crippen LogP contribution in [0.3, 0.4) is 0 Å². The molecular formula is C6H13NP+. The Morgan fingerprint density at radius 2 is 1.88 bits per heavy atom. The van der Waals surface area contributed by atoms with Gasteiger partial charge in [-0.25, -0.2) is 0 Å². The Labute approximate surface area is 52.5 Å². The van der Waals surface area contributed by atoms with Crippen LogP contribution in [0.2, 0.25) is 0 Å². The van der Waals surface area contributed by atoms with Gasteiger partial charge in [0.2, 0.25) is 0 Å². The number of hydrogen-bond donors (Lipinski definition) is 0. The third kappa shape index (κ3) is 2.99. The second-order valence-electron chi connectivity index (χ2n) is 1.79. The van der Waals surface area contributed by atoms with Crippen LogP contribution in [0.1, 0.15) is 13.8 Å². The predicted octanol–water partition coefficient (Wildman–Crippen LogP) is 1.76. The van der Waals surface area contributed by atoms with Crippen molar-refractivity contribution >= 4 is 7.92 Å². The van der Waals surface area contributed by atoms with Gasteiger partial charge in [-0.05, 0) is 13.8 Å². The van der Waals surface area contributed by atoms with Crippen LogP contribution in [0.5, 0.6) is 0 Å². The van der Waals surface area contributed by atoms with Crippen LogP contribution in [0.15, 0.2) is 0 Å². The third-order valence-corrected chi connectivity index (χ3v) is 3.99. The molecule has 0 aliphatic heterocycles. The van der Waals surface area contributed by atoms with Gasteiger partial charge < -0.3 is 0 Å². The van der Waals surface area contributed by atoms with Gasteiger partial charge in [-0.2, -0.15) is 5.26 Å². The highest BCUT2D eigenvalue weighted by Crippen LogP contribution is 2.32. The van der Waals surface area contributed by atoms with Gasteiger partial charge in [0, 0.05) is 7.92 Å². The van der Waals surface area contributed by atoms with Gasteiger partial charge in [0.05, 0.1) is 12.3 Å². The van der Waals surface area contributed by atoms with E-state index in [-0.39, 0.29) is 7.92 Å². The molecule has 0 radical (unpaired) electrons. The molecule has 0 aliphatic rings. The van der Waals surface area contributed by atoms with Crippen molar-refractivity contribution in [3.8, 4) is 6.07 Å². The maximum Gasteiger partial charge on any atom is 0.142 e. The first-order chi connectivity index (χ1) is 3.85. The zero-order valence-corrected chi connectivity index (χ0v) is 6.57. The Kier molecular flexibility index (Phi) is 5.01. The summed E-state index contributed by atoms with van der Waals surface area (Å²) in [4.78, 5) is 0. The lowest BCUT2D eigenvalue weighted by Crippen LogP contribution is -1.85. The molecule has 46 valence electrons. The molecule has 0 aromatic rings. The maximum absolute atomic E-state index is 8.27. The van der Waals surface area contributed by atoms with E-state index < -0.39 is 0 Å². The van der Waals surface area contributed by atoms with E-state index >= 15 is 0 Å². The average Bonchev–Trinajstić information content (AvgIpc) is 1.83. The van der Waals surface area contributed by atoms with Gasteiger partial charge >= 0.3 is 0 Å². The van der Waals surface area contributed by atoms with E-state index in [2.05, 4.69) is 19.9 Å². The van der Waals surface area contributed by atoms with Gasteiger partial charge in [0.1, 0.15) is 12.2 Å². The molecule has 0 amide bonds. The van der Waals surface area contributed by atoms with Gasteiger partial charge in [-0.1, -0.05) is 0 Å². The molecule has 0 bridgehead atoms. The fourth-order valence-electron chi connectivity index (χ4n) is 0.612. The molecule has 0 rings (SSSR count). The maximum atomic E-state index is 8.27. The number of hydrogen-bond acceptors (Lipinski definition) is 1. The molecule has 0 saturated carbocycles. The van der Waals surface area contributed by atoms with Gasteiger partial charge in [-0.15, -0.1) is 0 Å². The Morgan fingerprint density at radius 1 is 1.38 bits per heavy atom. The zero-order valence-electron chi connectivity index (χ0n) is 5.57. The Balaban J connectivity index is 3.25. The fraction of sp³-hybridized carbons (Fsp3) is 0.833. The Morgan fingerprint density at radius 3 is 2.00 bits per heavy atom. The molecule has 0 fully saturated rings. The fourth-order valence-corrected chi connectivity index (χ4v) is 1.84. The summed E-state index contributed by atoms with van der Waals surface area (Å²) in [5, 5.41) is 8.27. The average molecular weight is 130 g/mol. The van der Waals surface area contributed by atoms with Crippen LogP contribution < -0.4 is 0 Å². The summed E-state index contributed by atoms with van der Waals surface area (Å²) >= 11 is 0. The molecule has 1 nitrogen and oxygen atoms in total. The molecule has 0 spiro atoms. The van der Waals surface area contributed by atoms with E-state index in [1.807, 2.05) is 0 Å². The summed E-state index contributed by atoms with van der Waals surface area (Å²) in [6.45, 7) is 4.35. The lowest BCUT2D eigenvalue weighted by Gasteiger charge is -1.96. The van der Waals surface area contributed by atoms with E-state index in [1.165, 1.54) is 12.3 Å². The van der Waals surface area contributed by atoms with Gasteiger partial charge in [0.25, 0.3) is 0 Å². The molecule has 0 heterocycles. The molecule has 0 aliphatic carbocycles. The molecule has 0 saturated heterocycles. The van der Waals surface area contributed by atoms with Crippen LogP contribution in [0.4, 0.5) is 0 Å². The largest absolute Gasteiger partial charge is 0.194 e. The smallest absolute Gasteiger partial charge is 0.142 e. The van der Waals surface area contributed by atoms with E-state index in [1.54, 1.807) is 0 Å². The quantitative estimate of drug-likeness (QED) is 0.534. The summed E-state index contributed by atoms with van der Waals surface area (Å²) < 4.78 is 0. The molecular weight excluding hydrogens is 117 g/mol. The SMILES string of the molecule is CC[PH+](CC)CC#N. The van der Waals surface area contributed by atoms with Crippen molar-refractivity contribution in [2.24, 2.45) is 0 Å². The molecule has 0 atom stereocenters. The summed E-state index contributed by atoms with van der Waals surface area (Å²) in [6.07, 6.45) is 3.32. The minimum atomic E-state index is -0.235. The van der Waals surface area contributed by atoms with E-state index in [9.17, 15) is 0 Å². The monoisotopic (exact) mass is 130 g/mol. The lowest BCUT2D eigenvalue weighted by atomic mass is 10.9. The molecule has 2 heteroatoms. The van der Waals surface area contributed by atoms with Crippen molar-refractivity contribution in [3.05, 3.63) is 0 Å². The standard InChI is InChI=1S/C6H12NP/c1-3-8(4-2)6-5-7/h3-4,6H2,1-2H3/p+1. The van der Waals surface area contributed by atoms with Crippen molar-refractivity contribution in [1.29, 1.82) is 5.26 Å². The normalized spacial score (nSPS) is 9.25. The van der Waals surface area contributed by atoms with Crippen LogP contribution >= 0.6 is 7.92 Å². The predicted molar refractivity (Wildman–Crippen MR) is 39.9 cm³/mol. The van der Waals surface area contributed by atoms with E-state index in [0.717, 1.165) is 6.16 Å². The van der Waals surface area contributed by atoms with Gasteiger partial charge in [-0.3, -0.25) is 0 Å². The number of nitriles is 1. The van der Waals surface area contributed by atoms with Crippen LogP contribution in [-0.2, 0) is 0 Å². The zero-order chi connectivity index (χ0) is 6.41. The first kappa shape index (κ1) is 7.92. The highest BCUT2D eigenvalue weighted by atomic mass is 31.1. The second kappa shape index (κ2) is 5.06. The summed E-state index contributed by atoms with van der Waals surface area (Å²) in [6, 6.07) is 2.21. The Hall–Kier alpha value is -0.0800. The Bertz CT molecular complexity index is 81.0. The first-order valence-corrected chi connectivity index (χ1v) is 5.17. The highest BCUT2D eigenvalue weighted by Gasteiger charge is 2.06. The molecule has 0 aromatic heterocycles. The summed E-state index contributed by atoms with van der Waals surface area (Å²) in [5.41, 5.74) is 0. The summed E-state index contributed by atoms with van der Waals surface area (Å²) in [5.74, 6) is 0. The van der Waals surface area contributed by atoms with Crippen LogP contribution in [0.25, 0.3) is 0 Å². The minimum absolute atomic E-state index is 0.235. The van der Waals surface area contributed by atoms with E-state index in [4.69, 9.17) is 5.26 Å². The lowest BCUT2D eigenvalue weighted by molar-refractivity contribution is 1.38. The van der Waals surface area contributed by atoms with Crippen molar-refractivity contribution in [2.45, 2.75) is 13.8 Å².